The molecule has 4 aromatic rings. The van der Waals surface area contributed by atoms with Crippen LogP contribution in [0.4, 0.5) is 30.2 Å². The molecule has 2 aromatic carbocycles. The van der Waals surface area contributed by atoms with E-state index in [1.807, 2.05) is 18.2 Å². The molecular formula is C22H13F6N3O2PoS. The van der Waals surface area contributed by atoms with Crippen molar-refractivity contribution in [2.24, 2.45) is 0 Å². The van der Waals surface area contributed by atoms with Crippen LogP contribution in [-0.2, 0) is 10.0 Å². The second-order valence-corrected chi connectivity index (χ2v) is 11.1. The molecule has 5 nitrogen and oxygen atoms in total. The predicted octanol–water partition coefficient (Wildman–Crippen LogP) is 5.22. The van der Waals surface area contributed by atoms with Crippen LogP contribution in [0.3, 0.4) is 0 Å². The molecule has 0 amide bonds. The Bertz CT molecular complexity index is 1360. The minimum Gasteiger partial charge on any atom is -0.265 e. The van der Waals surface area contributed by atoms with E-state index >= 15 is 0 Å². The molecule has 0 bridgehead atoms. The Hall–Kier alpha value is -3.03. The van der Waals surface area contributed by atoms with E-state index in [-0.39, 0.29) is 19.1 Å². The summed E-state index contributed by atoms with van der Waals surface area (Å²) < 4.78 is 108. The molecule has 0 radical (unpaired) electrons. The summed E-state index contributed by atoms with van der Waals surface area (Å²) in [7, 11) is -5.45. The van der Waals surface area contributed by atoms with Crippen molar-refractivity contribution in [3.05, 3.63) is 108 Å². The van der Waals surface area contributed by atoms with Crippen LogP contribution < -0.4 is 2.20 Å². The molecule has 2 heterocycles. The van der Waals surface area contributed by atoms with Crippen molar-refractivity contribution >= 4 is 40.2 Å². The SMILES string of the molecule is O=S(=O)(c1c(F)c(F)c(F)c(F)c1F)[N]([Po][F])c1ccccc1-c1ccccn1.c1ccncc1. The van der Waals surface area contributed by atoms with Crippen molar-refractivity contribution in [3.8, 4) is 11.3 Å². The maximum Gasteiger partial charge on any atom is 0.0267 e. The van der Waals surface area contributed by atoms with E-state index in [1.165, 1.54) is 30.5 Å². The van der Waals surface area contributed by atoms with Gasteiger partial charge < -0.3 is 0 Å². The van der Waals surface area contributed by atoms with Gasteiger partial charge in [0.2, 0.25) is 0 Å². The van der Waals surface area contributed by atoms with Gasteiger partial charge in [0.25, 0.3) is 0 Å². The summed E-state index contributed by atoms with van der Waals surface area (Å²) in [6, 6.07) is 15.7. The van der Waals surface area contributed by atoms with Crippen LogP contribution in [0.15, 0.2) is 84.1 Å². The van der Waals surface area contributed by atoms with E-state index in [2.05, 4.69) is 9.97 Å². The number of anilines is 1. The van der Waals surface area contributed by atoms with Crippen LogP contribution in [0.1, 0.15) is 0 Å². The predicted molar refractivity (Wildman–Crippen MR) is 117 cm³/mol. The summed E-state index contributed by atoms with van der Waals surface area (Å²) in [5.74, 6) is -12.5. The minimum absolute atomic E-state index is 0.0648. The largest absolute Gasteiger partial charge is 0.265 e. The van der Waals surface area contributed by atoms with E-state index in [0.29, 0.717) is 0 Å². The second kappa shape index (κ2) is 11.6. The average Bonchev–Trinajstić information content (AvgIpc) is 2.89. The van der Waals surface area contributed by atoms with Crippen LogP contribution in [-0.4, -0.2) is 42.9 Å². The minimum atomic E-state index is -5.45. The van der Waals surface area contributed by atoms with Crippen LogP contribution in [0.25, 0.3) is 11.3 Å². The standard InChI is InChI=1S/C17H8F5N2O2S.C5H5N.FH.Po/c18-12-13(19)15(21)17(16(22)14(12)20)27(25,26)24-11-7-2-1-5-9(11)10-6-3-4-8-23-10;1-2-4-6-5-3-1;;/h1-8H;1-5H;1H;/q-1;;;+2/p-1. The number of hydrogen-bond donors (Lipinski definition) is 0. The van der Waals surface area contributed by atoms with Crippen molar-refractivity contribution < 1.29 is 33.0 Å². The number of rotatable bonds is 5. The number of para-hydroxylation sites is 1. The molecule has 4 rings (SSSR count). The number of benzene rings is 2. The van der Waals surface area contributed by atoms with Gasteiger partial charge in [0.15, 0.2) is 0 Å². The zero-order valence-corrected chi connectivity index (χ0v) is 21.2. The molecular weight excluding hydrogens is 693 g/mol. The zero-order chi connectivity index (χ0) is 25.6. The van der Waals surface area contributed by atoms with Crippen molar-refractivity contribution in [3.63, 3.8) is 0 Å². The molecule has 0 saturated carbocycles. The first-order valence-electron chi connectivity index (χ1n) is 9.42. The first-order valence-corrected chi connectivity index (χ1v) is 13.5. The van der Waals surface area contributed by atoms with Gasteiger partial charge in [-0.05, 0) is 12.1 Å². The zero-order valence-electron chi connectivity index (χ0n) is 17.2. The van der Waals surface area contributed by atoms with Crippen LogP contribution in [0.2, 0.25) is 0 Å². The van der Waals surface area contributed by atoms with Crippen molar-refractivity contribution in [1.82, 2.24) is 9.97 Å². The van der Waals surface area contributed by atoms with Gasteiger partial charge in [0.05, 0.1) is 0 Å². The number of nitrogens with zero attached hydrogens (tertiary/aromatic N) is 3. The topological polar surface area (TPSA) is 63.2 Å². The van der Waals surface area contributed by atoms with E-state index in [0.717, 1.165) is 6.07 Å². The molecule has 0 N–H and O–H groups in total. The fraction of sp³-hybridized carbons (Fsp3) is 0. The maximum absolute atomic E-state index is 14.1. The number of sulfonamides is 1. The smallest absolute Gasteiger partial charge is 0.0267 e. The van der Waals surface area contributed by atoms with Gasteiger partial charge >= 0.3 is 174 Å². The van der Waals surface area contributed by atoms with Gasteiger partial charge in [-0.1, -0.05) is 6.07 Å². The van der Waals surface area contributed by atoms with Gasteiger partial charge in [-0.25, -0.2) is 0 Å². The summed E-state index contributed by atoms with van der Waals surface area (Å²) in [5, 5.41) is 0. The molecule has 0 saturated heterocycles. The molecule has 182 valence electrons. The van der Waals surface area contributed by atoms with E-state index in [1.54, 1.807) is 24.5 Å². The quantitative estimate of drug-likeness (QED) is 0.162. The molecule has 0 spiro atoms. The number of hydrogen-bond acceptors (Lipinski definition) is 4. The Kier molecular flexibility index (Phi) is 8.80. The third-order valence-corrected chi connectivity index (χ3v) is 9.86. The first kappa shape index (κ1) is 26.6. The Morgan fingerprint density at radius 2 is 1.23 bits per heavy atom. The van der Waals surface area contributed by atoms with Gasteiger partial charge in [0, 0.05) is 12.4 Å². The van der Waals surface area contributed by atoms with Gasteiger partial charge in [-0.2, -0.15) is 0 Å². The van der Waals surface area contributed by atoms with Crippen molar-refractivity contribution in [2.75, 3.05) is 2.20 Å². The average molecular weight is 706 g/mol. The van der Waals surface area contributed by atoms with Gasteiger partial charge in [-0.15, -0.1) is 0 Å². The van der Waals surface area contributed by atoms with E-state index in [9.17, 15) is 33.0 Å². The fourth-order valence-electron chi connectivity index (χ4n) is 2.78. The van der Waals surface area contributed by atoms with Gasteiger partial charge in [0.1, 0.15) is 0 Å². The molecule has 0 aliphatic heterocycles. The van der Waals surface area contributed by atoms with Crippen LogP contribution >= 0.6 is 0 Å². The van der Waals surface area contributed by atoms with Crippen molar-refractivity contribution in [1.29, 1.82) is 0 Å². The molecule has 0 atom stereocenters. The van der Waals surface area contributed by atoms with E-state index < -0.39 is 68.5 Å². The Morgan fingerprint density at radius 1 is 0.686 bits per heavy atom. The molecule has 0 fully saturated rings. The maximum atomic E-state index is 14.1. The normalized spacial score (nSPS) is 10.9. The third kappa shape index (κ3) is 5.62. The summed E-state index contributed by atoms with van der Waals surface area (Å²) in [6.45, 7) is 0. The van der Waals surface area contributed by atoms with Crippen LogP contribution in [0, 0.1) is 29.1 Å². The summed E-state index contributed by atoms with van der Waals surface area (Å²) in [4.78, 5) is 5.69. The number of pyridine rings is 2. The Balaban J connectivity index is 0.000000497. The van der Waals surface area contributed by atoms with Gasteiger partial charge in [-0.3, -0.25) is 4.98 Å². The summed E-state index contributed by atoms with van der Waals surface area (Å²) in [6.07, 6.45) is 4.88. The summed E-state index contributed by atoms with van der Waals surface area (Å²) in [5.41, 5.74) is -0.0196. The first-order chi connectivity index (χ1) is 16.7. The molecule has 35 heavy (non-hydrogen) atoms. The van der Waals surface area contributed by atoms with Crippen LogP contribution in [0.5, 0.6) is 0 Å². The fourth-order valence-corrected chi connectivity index (χ4v) is 6.71. The second-order valence-electron chi connectivity index (χ2n) is 6.46. The number of halogens is 6. The molecule has 13 heteroatoms. The number of aromatic nitrogens is 2. The molecule has 2 aromatic heterocycles. The molecule has 0 aliphatic rings. The van der Waals surface area contributed by atoms with Crippen molar-refractivity contribution in [2.45, 2.75) is 4.90 Å². The Morgan fingerprint density at radius 3 is 1.71 bits per heavy atom. The Labute approximate surface area is 209 Å². The summed E-state index contributed by atoms with van der Waals surface area (Å²) >= 11 is -3.55. The van der Waals surface area contributed by atoms with E-state index in [4.69, 9.17) is 0 Å². The monoisotopic (exact) mass is 706 g/mol. The molecule has 0 unspecified atom stereocenters. The molecule has 0 aliphatic carbocycles. The third-order valence-electron chi connectivity index (χ3n) is 4.32.